The number of rotatable bonds is 6. The number of furan rings is 1. The van der Waals surface area contributed by atoms with Crippen LogP contribution in [0.4, 0.5) is 0 Å². The molecule has 0 saturated heterocycles. The van der Waals surface area contributed by atoms with Crippen LogP contribution in [0.1, 0.15) is 0 Å². The van der Waals surface area contributed by atoms with Crippen molar-refractivity contribution >= 4 is 65.7 Å². The van der Waals surface area contributed by atoms with Crippen molar-refractivity contribution in [2.24, 2.45) is 0 Å². The quantitative estimate of drug-likeness (QED) is 0.168. The summed E-state index contributed by atoms with van der Waals surface area (Å²) < 4.78 is 11.1. The molecule has 0 aliphatic carbocycles. The van der Waals surface area contributed by atoms with E-state index >= 15 is 0 Å². The molecule has 4 heterocycles. The highest BCUT2D eigenvalue weighted by atomic mass is 16.3. The van der Waals surface area contributed by atoms with Crippen molar-refractivity contribution in [1.82, 2.24) is 19.1 Å². The summed E-state index contributed by atoms with van der Waals surface area (Å²) in [7, 11) is 0. The molecule has 13 aromatic rings. The van der Waals surface area contributed by atoms with Gasteiger partial charge >= 0.3 is 0 Å². The normalized spacial score (nSPS) is 11.8. The van der Waals surface area contributed by atoms with Crippen molar-refractivity contribution in [2.45, 2.75) is 0 Å². The lowest BCUT2D eigenvalue weighted by molar-refractivity contribution is 0.669. The maximum absolute atomic E-state index is 6.48. The van der Waals surface area contributed by atoms with E-state index in [1.807, 2.05) is 24.3 Å². The third-order valence-corrected chi connectivity index (χ3v) is 12.5. The van der Waals surface area contributed by atoms with Crippen molar-refractivity contribution in [3.05, 3.63) is 218 Å². The van der Waals surface area contributed by atoms with Crippen LogP contribution in [0.5, 0.6) is 0 Å². The largest absolute Gasteiger partial charge is 0.456 e. The number of benzene rings is 9. The van der Waals surface area contributed by atoms with Gasteiger partial charge in [-0.3, -0.25) is 4.57 Å². The monoisotopic (exact) mass is 804 g/mol. The van der Waals surface area contributed by atoms with Crippen molar-refractivity contribution in [1.29, 1.82) is 0 Å². The highest BCUT2D eigenvalue weighted by Crippen LogP contribution is 2.42. The van der Waals surface area contributed by atoms with Crippen LogP contribution in [-0.4, -0.2) is 19.1 Å². The summed E-state index contributed by atoms with van der Waals surface area (Å²) in [6, 6.07) is 77.3. The molecule has 0 saturated carbocycles. The molecule has 0 bridgehead atoms. The van der Waals surface area contributed by atoms with E-state index in [-0.39, 0.29) is 0 Å². The van der Waals surface area contributed by atoms with Gasteiger partial charge in [0.15, 0.2) is 5.82 Å². The Bertz CT molecular complexity index is 3890. The molecular weight excluding hydrogens is 769 g/mol. The number of hydrogen-bond donors (Lipinski definition) is 0. The Morgan fingerprint density at radius 1 is 0.317 bits per heavy atom. The second kappa shape index (κ2) is 14.0. The summed E-state index contributed by atoms with van der Waals surface area (Å²) in [5.41, 5.74) is 15.7. The molecule has 0 aliphatic heterocycles. The van der Waals surface area contributed by atoms with Crippen molar-refractivity contribution in [3.8, 4) is 56.3 Å². The van der Waals surface area contributed by atoms with Crippen LogP contribution >= 0.6 is 0 Å². The molecule has 0 aliphatic rings. The van der Waals surface area contributed by atoms with E-state index in [0.717, 1.165) is 94.3 Å². The topological polar surface area (TPSA) is 48.8 Å². The third kappa shape index (κ3) is 5.64. The second-order valence-corrected chi connectivity index (χ2v) is 16.2. The summed E-state index contributed by atoms with van der Waals surface area (Å²) in [5.74, 6) is 0.692. The molecule has 5 nitrogen and oxygen atoms in total. The first kappa shape index (κ1) is 35.2. The first-order chi connectivity index (χ1) is 31.2. The van der Waals surface area contributed by atoms with Crippen molar-refractivity contribution in [2.75, 3.05) is 0 Å². The predicted molar refractivity (Wildman–Crippen MR) is 260 cm³/mol. The zero-order valence-electron chi connectivity index (χ0n) is 34.0. The molecule has 0 fully saturated rings. The van der Waals surface area contributed by atoms with Gasteiger partial charge in [0.2, 0.25) is 0 Å². The summed E-state index contributed by atoms with van der Waals surface area (Å²) in [6.45, 7) is 0. The van der Waals surface area contributed by atoms with Gasteiger partial charge in [-0.2, -0.15) is 0 Å². The Kier molecular flexibility index (Phi) is 7.84. The summed E-state index contributed by atoms with van der Waals surface area (Å²) in [6.07, 6.45) is 0. The molecule has 5 heteroatoms. The van der Waals surface area contributed by atoms with Gasteiger partial charge in [0.05, 0.1) is 27.6 Å². The van der Waals surface area contributed by atoms with Crippen LogP contribution in [0.3, 0.4) is 0 Å². The molecule has 0 radical (unpaired) electrons. The SMILES string of the molecule is c1ccc(-c2nc(-c3ccccc3)c3c4cc(-c5ccc6oc7ccc(-c8ccc9c(c8)c8ccccc8n9-c8ccccc8)cc7c6c5)ccc4n(-c4ccccc4)c3n2)cc1. The van der Waals surface area contributed by atoms with Crippen LogP contribution in [0.25, 0.3) is 122 Å². The zero-order valence-corrected chi connectivity index (χ0v) is 34.0. The molecule has 0 unspecified atom stereocenters. The lowest BCUT2D eigenvalue weighted by Crippen LogP contribution is -1.99. The van der Waals surface area contributed by atoms with Crippen LogP contribution in [-0.2, 0) is 0 Å². The van der Waals surface area contributed by atoms with Gasteiger partial charge in [-0.1, -0.05) is 140 Å². The molecule has 294 valence electrons. The molecule has 0 N–H and O–H groups in total. The number of aromatic nitrogens is 4. The third-order valence-electron chi connectivity index (χ3n) is 12.5. The average molecular weight is 805 g/mol. The lowest BCUT2D eigenvalue weighted by Gasteiger charge is -2.10. The standard InChI is InChI=1S/C58H36N4O/c1-5-15-37(16-6-1)56-55-49-36-40(26-30-52(49)62(44-21-11-4-12-22-44)58(55)60-57(59-56)38-17-7-2-8-18-38)42-28-32-54-48(35-42)47-34-41(27-31-53(47)63-54)39-25-29-51-46(33-39)45-23-13-14-24-50(45)61(51)43-19-9-3-10-20-43/h1-36H. The van der Waals surface area contributed by atoms with E-state index in [2.05, 4.69) is 203 Å². The highest BCUT2D eigenvalue weighted by Gasteiger charge is 2.22. The molecule has 63 heavy (non-hydrogen) atoms. The first-order valence-corrected chi connectivity index (χ1v) is 21.3. The van der Waals surface area contributed by atoms with Gasteiger partial charge in [0.25, 0.3) is 0 Å². The van der Waals surface area contributed by atoms with E-state index in [4.69, 9.17) is 14.4 Å². The van der Waals surface area contributed by atoms with Gasteiger partial charge in [-0.05, 0) is 101 Å². The van der Waals surface area contributed by atoms with Gasteiger partial charge in [-0.25, -0.2) is 9.97 Å². The maximum atomic E-state index is 6.48. The fourth-order valence-electron chi connectivity index (χ4n) is 9.59. The Morgan fingerprint density at radius 3 is 1.40 bits per heavy atom. The number of para-hydroxylation sites is 3. The number of nitrogens with zero attached hydrogens (tertiary/aromatic N) is 4. The van der Waals surface area contributed by atoms with Gasteiger partial charge < -0.3 is 8.98 Å². The molecular formula is C58H36N4O. The summed E-state index contributed by atoms with van der Waals surface area (Å²) >= 11 is 0. The summed E-state index contributed by atoms with van der Waals surface area (Å²) in [5, 5.41) is 6.75. The smallest absolute Gasteiger partial charge is 0.162 e. The highest BCUT2D eigenvalue weighted by molar-refractivity contribution is 6.16. The van der Waals surface area contributed by atoms with E-state index in [1.54, 1.807) is 0 Å². The predicted octanol–water partition coefficient (Wildman–Crippen LogP) is 15.2. The summed E-state index contributed by atoms with van der Waals surface area (Å²) in [4.78, 5) is 10.6. The fourth-order valence-corrected chi connectivity index (χ4v) is 9.59. The molecule has 0 atom stereocenters. The van der Waals surface area contributed by atoms with Gasteiger partial charge in [0, 0.05) is 49.4 Å². The second-order valence-electron chi connectivity index (χ2n) is 16.2. The zero-order chi connectivity index (χ0) is 41.4. The lowest BCUT2D eigenvalue weighted by atomic mass is 9.98. The maximum Gasteiger partial charge on any atom is 0.162 e. The Balaban J connectivity index is 0.979. The fraction of sp³-hybridized carbons (Fsp3) is 0. The average Bonchev–Trinajstić information content (AvgIpc) is 4.01. The number of hydrogen-bond acceptors (Lipinski definition) is 3. The van der Waals surface area contributed by atoms with E-state index in [9.17, 15) is 0 Å². The van der Waals surface area contributed by atoms with Gasteiger partial charge in [0.1, 0.15) is 16.8 Å². The van der Waals surface area contributed by atoms with E-state index in [0.29, 0.717) is 5.82 Å². The minimum absolute atomic E-state index is 0.692. The number of fused-ring (bicyclic) bond motifs is 9. The van der Waals surface area contributed by atoms with E-state index < -0.39 is 0 Å². The molecule has 13 rings (SSSR count). The van der Waals surface area contributed by atoms with Crippen LogP contribution in [0.15, 0.2) is 223 Å². The van der Waals surface area contributed by atoms with Crippen molar-refractivity contribution < 1.29 is 4.42 Å². The van der Waals surface area contributed by atoms with E-state index in [1.165, 1.54) is 21.8 Å². The minimum atomic E-state index is 0.692. The Morgan fingerprint density at radius 2 is 0.778 bits per heavy atom. The van der Waals surface area contributed by atoms with Crippen molar-refractivity contribution in [3.63, 3.8) is 0 Å². The molecule has 4 aromatic heterocycles. The molecule has 9 aromatic carbocycles. The van der Waals surface area contributed by atoms with Crippen LogP contribution in [0, 0.1) is 0 Å². The Labute approximate surface area is 362 Å². The molecule has 0 spiro atoms. The van der Waals surface area contributed by atoms with Crippen LogP contribution < -0.4 is 0 Å². The van der Waals surface area contributed by atoms with Gasteiger partial charge in [-0.15, -0.1) is 0 Å². The first-order valence-electron chi connectivity index (χ1n) is 21.3. The van der Waals surface area contributed by atoms with Crippen LogP contribution in [0.2, 0.25) is 0 Å². The molecule has 0 amide bonds. The minimum Gasteiger partial charge on any atom is -0.456 e. The Hall–Kier alpha value is -8.54.